The van der Waals surface area contributed by atoms with E-state index < -0.39 is 10.0 Å². The molecule has 0 saturated carbocycles. The van der Waals surface area contributed by atoms with E-state index in [4.69, 9.17) is 23.2 Å². The summed E-state index contributed by atoms with van der Waals surface area (Å²) in [5.41, 5.74) is 0. The Morgan fingerprint density at radius 2 is 1.75 bits per heavy atom. The van der Waals surface area contributed by atoms with Crippen molar-refractivity contribution in [1.29, 1.82) is 0 Å². The molecular formula is C15H21Cl2N3O3S. The number of piperazine rings is 1. The number of sulfonamides is 1. The lowest BCUT2D eigenvalue weighted by atomic mass is 10.2. The van der Waals surface area contributed by atoms with Gasteiger partial charge in [-0.1, -0.05) is 29.3 Å². The van der Waals surface area contributed by atoms with Crippen molar-refractivity contribution in [2.45, 2.75) is 24.8 Å². The van der Waals surface area contributed by atoms with Gasteiger partial charge in [0.15, 0.2) is 0 Å². The van der Waals surface area contributed by atoms with Gasteiger partial charge in [-0.15, -0.1) is 0 Å². The van der Waals surface area contributed by atoms with E-state index in [2.05, 4.69) is 5.32 Å². The average Bonchev–Trinajstić information content (AvgIpc) is 2.54. The highest BCUT2D eigenvalue weighted by atomic mass is 35.5. The maximum Gasteiger partial charge on any atom is 0.246 e. The molecule has 1 N–H and O–H groups in total. The van der Waals surface area contributed by atoms with Crippen LogP contribution in [0, 0.1) is 0 Å². The zero-order chi connectivity index (χ0) is 17.9. The molecule has 0 spiro atoms. The lowest BCUT2D eigenvalue weighted by Crippen LogP contribution is -2.54. The number of nitrogens with zero attached hydrogens (tertiary/aromatic N) is 2. The van der Waals surface area contributed by atoms with Gasteiger partial charge < -0.3 is 5.32 Å². The Morgan fingerprint density at radius 1 is 1.21 bits per heavy atom. The van der Waals surface area contributed by atoms with Crippen molar-refractivity contribution in [2.24, 2.45) is 0 Å². The van der Waals surface area contributed by atoms with Crippen LogP contribution >= 0.6 is 23.2 Å². The van der Waals surface area contributed by atoms with Gasteiger partial charge in [-0.05, 0) is 26.0 Å². The van der Waals surface area contributed by atoms with Crippen molar-refractivity contribution in [3.8, 4) is 0 Å². The minimum atomic E-state index is -3.76. The Balaban J connectivity index is 2.10. The predicted molar refractivity (Wildman–Crippen MR) is 94.9 cm³/mol. The lowest BCUT2D eigenvalue weighted by Gasteiger charge is -2.36. The van der Waals surface area contributed by atoms with Crippen LogP contribution in [0.2, 0.25) is 10.0 Å². The summed E-state index contributed by atoms with van der Waals surface area (Å²) in [7, 11) is -3.76. The number of amides is 1. The van der Waals surface area contributed by atoms with Crippen LogP contribution in [0.3, 0.4) is 0 Å². The topological polar surface area (TPSA) is 69.7 Å². The van der Waals surface area contributed by atoms with E-state index in [-0.39, 0.29) is 40.0 Å². The first kappa shape index (κ1) is 19.5. The van der Waals surface area contributed by atoms with E-state index in [9.17, 15) is 13.2 Å². The summed E-state index contributed by atoms with van der Waals surface area (Å²) in [5, 5.41) is 3.00. The molecule has 1 amide bonds. The summed E-state index contributed by atoms with van der Waals surface area (Å²) in [5.74, 6) is -0.0528. The van der Waals surface area contributed by atoms with Crippen molar-refractivity contribution < 1.29 is 13.2 Å². The minimum absolute atomic E-state index is 0.0528. The van der Waals surface area contributed by atoms with Crippen molar-refractivity contribution in [3.05, 3.63) is 28.2 Å². The molecule has 1 aliphatic heterocycles. The van der Waals surface area contributed by atoms with Crippen LogP contribution in [-0.4, -0.2) is 62.3 Å². The van der Waals surface area contributed by atoms with Crippen LogP contribution in [0.25, 0.3) is 0 Å². The van der Waals surface area contributed by atoms with Crippen LogP contribution in [-0.2, 0) is 14.8 Å². The fraction of sp³-hybridized carbons (Fsp3) is 0.533. The molecule has 1 aromatic rings. The molecule has 0 radical (unpaired) electrons. The number of hydrogen-bond donors (Lipinski definition) is 1. The summed E-state index contributed by atoms with van der Waals surface area (Å²) in [6.45, 7) is 5.77. The molecule has 1 aromatic carbocycles. The number of rotatable bonds is 5. The number of benzene rings is 1. The second kappa shape index (κ2) is 8.01. The average molecular weight is 394 g/mol. The molecule has 0 bridgehead atoms. The Morgan fingerprint density at radius 3 is 2.25 bits per heavy atom. The van der Waals surface area contributed by atoms with Gasteiger partial charge >= 0.3 is 0 Å². The molecule has 24 heavy (non-hydrogen) atoms. The molecule has 1 heterocycles. The molecule has 0 unspecified atom stereocenters. The van der Waals surface area contributed by atoms with E-state index in [0.717, 1.165) is 0 Å². The molecule has 9 heteroatoms. The molecule has 1 fully saturated rings. The molecular weight excluding hydrogens is 373 g/mol. The fourth-order valence-electron chi connectivity index (χ4n) is 2.68. The quantitative estimate of drug-likeness (QED) is 0.827. The number of carbonyl (C=O) groups excluding carboxylic acids is 1. The maximum absolute atomic E-state index is 12.8. The third kappa shape index (κ3) is 4.03. The van der Waals surface area contributed by atoms with Crippen molar-refractivity contribution in [2.75, 3.05) is 32.7 Å². The maximum atomic E-state index is 12.8. The molecule has 6 nitrogen and oxygen atoms in total. The number of nitrogens with one attached hydrogen (secondary N) is 1. The third-order valence-electron chi connectivity index (χ3n) is 4.07. The van der Waals surface area contributed by atoms with Crippen LogP contribution in [0.5, 0.6) is 0 Å². The molecule has 0 aromatic heterocycles. The third-order valence-corrected chi connectivity index (χ3v) is 6.92. The second-order valence-corrected chi connectivity index (χ2v) is 8.25. The zero-order valence-electron chi connectivity index (χ0n) is 13.6. The van der Waals surface area contributed by atoms with Gasteiger partial charge in [0.1, 0.15) is 4.90 Å². The highest BCUT2D eigenvalue weighted by molar-refractivity contribution is 7.89. The van der Waals surface area contributed by atoms with Crippen LogP contribution < -0.4 is 5.32 Å². The summed E-state index contributed by atoms with van der Waals surface area (Å²) in [6.07, 6.45) is 0. The number of hydrogen-bond acceptors (Lipinski definition) is 4. The number of likely N-dealkylation sites (N-methyl/N-ethyl adjacent to an activating group) is 1. The lowest BCUT2D eigenvalue weighted by molar-refractivity contribution is -0.126. The van der Waals surface area contributed by atoms with Gasteiger partial charge in [0.25, 0.3) is 0 Å². The Hall–Kier alpha value is -0.860. The summed E-state index contributed by atoms with van der Waals surface area (Å²) in [6, 6.07) is 4.33. The first-order chi connectivity index (χ1) is 11.3. The van der Waals surface area contributed by atoms with Crippen molar-refractivity contribution in [1.82, 2.24) is 14.5 Å². The Bertz CT molecular complexity index is 684. The normalized spacial score (nSPS) is 18.3. The van der Waals surface area contributed by atoms with Gasteiger partial charge in [0.2, 0.25) is 15.9 Å². The first-order valence-corrected chi connectivity index (χ1v) is 9.94. The highest BCUT2D eigenvalue weighted by Gasteiger charge is 2.33. The van der Waals surface area contributed by atoms with Gasteiger partial charge in [-0.2, -0.15) is 4.31 Å². The van der Waals surface area contributed by atoms with Gasteiger partial charge in [-0.25, -0.2) is 8.42 Å². The fourth-order valence-corrected chi connectivity index (χ4v) is 5.19. The van der Waals surface area contributed by atoms with Gasteiger partial charge in [-0.3, -0.25) is 9.69 Å². The van der Waals surface area contributed by atoms with Gasteiger partial charge in [0, 0.05) is 32.7 Å². The van der Waals surface area contributed by atoms with Crippen molar-refractivity contribution in [3.63, 3.8) is 0 Å². The Labute approximate surface area is 152 Å². The molecule has 134 valence electrons. The first-order valence-electron chi connectivity index (χ1n) is 7.75. The van der Waals surface area contributed by atoms with Crippen LogP contribution in [0.1, 0.15) is 13.8 Å². The Kier molecular flexibility index (Phi) is 6.50. The molecule has 2 rings (SSSR count). The van der Waals surface area contributed by atoms with Gasteiger partial charge in [0.05, 0.1) is 16.1 Å². The smallest absolute Gasteiger partial charge is 0.246 e. The number of carbonyl (C=O) groups is 1. The monoisotopic (exact) mass is 393 g/mol. The van der Waals surface area contributed by atoms with E-state index in [1.54, 1.807) is 6.07 Å². The van der Waals surface area contributed by atoms with Crippen molar-refractivity contribution >= 4 is 39.1 Å². The summed E-state index contributed by atoms with van der Waals surface area (Å²) >= 11 is 12.1. The van der Waals surface area contributed by atoms with E-state index in [1.165, 1.54) is 16.4 Å². The summed E-state index contributed by atoms with van der Waals surface area (Å²) < 4.78 is 27.0. The second-order valence-electron chi connectivity index (χ2n) is 5.56. The minimum Gasteiger partial charge on any atom is -0.355 e. The summed E-state index contributed by atoms with van der Waals surface area (Å²) in [4.78, 5) is 13.8. The standard InChI is InChI=1S/C15H21Cl2N3O3S/c1-3-18-15(21)11(2)19-7-9-20(10-8-19)24(22,23)14-12(16)5-4-6-13(14)17/h4-6,11H,3,7-10H2,1-2H3,(H,18,21)/t11-/m1/s1. The molecule has 1 saturated heterocycles. The largest absolute Gasteiger partial charge is 0.355 e. The molecule has 0 aliphatic carbocycles. The van der Waals surface area contributed by atoms with E-state index >= 15 is 0 Å². The van der Waals surface area contributed by atoms with Crippen LogP contribution in [0.15, 0.2) is 23.1 Å². The number of halogens is 2. The van der Waals surface area contributed by atoms with E-state index in [0.29, 0.717) is 19.6 Å². The highest BCUT2D eigenvalue weighted by Crippen LogP contribution is 2.31. The van der Waals surface area contributed by atoms with Crippen LogP contribution in [0.4, 0.5) is 0 Å². The molecule has 1 aliphatic rings. The molecule has 1 atom stereocenters. The van der Waals surface area contributed by atoms with E-state index in [1.807, 2.05) is 18.7 Å². The predicted octanol–water partition coefficient (Wildman–Crippen LogP) is 1.82. The zero-order valence-corrected chi connectivity index (χ0v) is 16.0. The SMILES string of the molecule is CCNC(=O)[C@@H](C)N1CCN(S(=O)(=O)c2c(Cl)cccc2Cl)CC1.